The Morgan fingerprint density at radius 3 is 2.60 bits per heavy atom. The van der Waals surface area contributed by atoms with Crippen LogP contribution in [0.2, 0.25) is 0 Å². The van der Waals surface area contributed by atoms with Crippen LogP contribution in [-0.4, -0.2) is 61.0 Å². The number of anilines is 1. The van der Waals surface area contributed by atoms with Gasteiger partial charge < -0.3 is 19.8 Å². The van der Waals surface area contributed by atoms with E-state index in [1.165, 1.54) is 31.2 Å². The van der Waals surface area contributed by atoms with Gasteiger partial charge in [0, 0.05) is 32.5 Å². The Balaban J connectivity index is 2.84. The molecule has 0 saturated heterocycles. The number of phenolic OH excluding ortho intramolecular Hbond substituents is 1. The molecule has 0 bridgehead atoms. The van der Waals surface area contributed by atoms with E-state index in [4.69, 9.17) is 9.84 Å². The Labute approximate surface area is 117 Å². The van der Waals surface area contributed by atoms with E-state index in [1.807, 2.05) is 0 Å². The van der Waals surface area contributed by atoms with Crippen LogP contribution in [-0.2, 0) is 9.53 Å². The molecule has 0 aliphatic heterocycles. The van der Waals surface area contributed by atoms with Crippen LogP contribution in [0.25, 0.3) is 0 Å². The highest BCUT2D eigenvalue weighted by molar-refractivity contribution is 5.93. The van der Waals surface area contributed by atoms with Gasteiger partial charge in [-0.15, -0.1) is 0 Å². The summed E-state index contributed by atoms with van der Waals surface area (Å²) in [5.74, 6) is -1.07. The molecule has 0 atom stereocenters. The van der Waals surface area contributed by atoms with Gasteiger partial charge in [0.2, 0.25) is 0 Å². The lowest BCUT2D eigenvalue weighted by molar-refractivity contribution is -0.137. The third kappa shape index (κ3) is 4.43. The highest BCUT2D eigenvalue weighted by atomic mass is 16.5. The Morgan fingerprint density at radius 2 is 2.05 bits per heavy atom. The van der Waals surface area contributed by atoms with Gasteiger partial charge in [0.25, 0.3) is 0 Å². The number of phenols is 1. The lowest BCUT2D eigenvalue weighted by Crippen LogP contribution is -2.45. The minimum Gasteiger partial charge on any atom is -0.508 e. The van der Waals surface area contributed by atoms with E-state index >= 15 is 0 Å². The zero-order valence-electron chi connectivity index (χ0n) is 11.4. The van der Waals surface area contributed by atoms with Crippen LogP contribution < -0.4 is 4.90 Å². The zero-order valence-corrected chi connectivity index (χ0v) is 11.4. The number of rotatable bonds is 6. The van der Waals surface area contributed by atoms with Gasteiger partial charge in [0.05, 0.1) is 6.61 Å². The van der Waals surface area contributed by atoms with E-state index in [-0.39, 0.29) is 18.9 Å². The van der Waals surface area contributed by atoms with Crippen molar-refractivity contribution < 1.29 is 24.5 Å². The summed E-state index contributed by atoms with van der Waals surface area (Å²) in [5, 5.41) is 18.2. The summed E-state index contributed by atoms with van der Waals surface area (Å²) in [5.41, 5.74) is 0.475. The van der Waals surface area contributed by atoms with Crippen LogP contribution in [0, 0.1) is 0 Å². The Morgan fingerprint density at radius 1 is 1.35 bits per heavy atom. The molecule has 0 saturated carbocycles. The first kappa shape index (κ1) is 15.8. The third-order valence-electron chi connectivity index (χ3n) is 2.67. The lowest BCUT2D eigenvalue weighted by atomic mass is 10.3. The predicted molar refractivity (Wildman–Crippen MR) is 73.0 cm³/mol. The number of benzene rings is 1. The van der Waals surface area contributed by atoms with Crippen molar-refractivity contribution >= 4 is 17.7 Å². The first-order valence-electron chi connectivity index (χ1n) is 5.98. The Bertz CT molecular complexity index is 478. The normalized spacial score (nSPS) is 10.1. The fourth-order valence-electron chi connectivity index (χ4n) is 1.63. The molecule has 0 unspecified atom stereocenters. The quantitative estimate of drug-likeness (QED) is 0.811. The third-order valence-corrected chi connectivity index (χ3v) is 2.67. The Kier molecular flexibility index (Phi) is 5.79. The molecule has 0 fully saturated rings. The van der Waals surface area contributed by atoms with Crippen LogP contribution in [0.3, 0.4) is 0 Å². The number of carbonyl (C=O) groups is 2. The molecule has 0 aliphatic rings. The average molecular weight is 282 g/mol. The average Bonchev–Trinajstić information content (AvgIpc) is 2.41. The number of aliphatic carboxylic acids is 1. The lowest BCUT2D eigenvalue weighted by Gasteiger charge is -2.26. The molecule has 7 nitrogen and oxygen atoms in total. The van der Waals surface area contributed by atoms with Crippen molar-refractivity contribution in [1.82, 2.24) is 4.90 Å². The summed E-state index contributed by atoms with van der Waals surface area (Å²) >= 11 is 0. The molecule has 0 aliphatic carbocycles. The molecule has 20 heavy (non-hydrogen) atoms. The molecule has 1 aromatic carbocycles. The molecule has 2 N–H and O–H groups in total. The largest absolute Gasteiger partial charge is 0.508 e. The van der Waals surface area contributed by atoms with E-state index < -0.39 is 18.5 Å². The number of carboxylic acids is 1. The minimum atomic E-state index is -1.10. The van der Waals surface area contributed by atoms with Crippen LogP contribution in [0.1, 0.15) is 0 Å². The van der Waals surface area contributed by atoms with Gasteiger partial charge in [-0.25, -0.2) is 4.79 Å². The van der Waals surface area contributed by atoms with E-state index in [1.54, 1.807) is 12.1 Å². The molecular weight excluding hydrogens is 264 g/mol. The second kappa shape index (κ2) is 7.34. The molecule has 1 rings (SSSR count). The number of urea groups is 1. The van der Waals surface area contributed by atoms with Crippen LogP contribution in [0.5, 0.6) is 5.75 Å². The summed E-state index contributed by atoms with van der Waals surface area (Å²) in [6.07, 6.45) is 0. The second-order valence-electron chi connectivity index (χ2n) is 4.17. The molecule has 110 valence electrons. The van der Waals surface area contributed by atoms with Gasteiger partial charge in [-0.2, -0.15) is 0 Å². The number of hydrogen-bond donors (Lipinski definition) is 2. The van der Waals surface area contributed by atoms with Crippen molar-refractivity contribution in [3.05, 3.63) is 24.3 Å². The SMILES string of the molecule is COCCN(CC(=O)O)C(=O)N(C)c1cccc(O)c1. The number of hydrogen-bond acceptors (Lipinski definition) is 4. The topological polar surface area (TPSA) is 90.3 Å². The molecule has 7 heteroatoms. The maximum atomic E-state index is 12.2. The van der Waals surface area contributed by atoms with Gasteiger partial charge in [-0.3, -0.25) is 9.69 Å². The van der Waals surface area contributed by atoms with E-state index in [0.29, 0.717) is 5.69 Å². The number of nitrogens with zero attached hydrogens (tertiary/aromatic N) is 2. The zero-order chi connectivity index (χ0) is 15.1. The van der Waals surface area contributed by atoms with Crippen molar-refractivity contribution in [3.8, 4) is 5.75 Å². The summed E-state index contributed by atoms with van der Waals surface area (Å²) in [6.45, 7) is 0.00301. The number of aromatic hydroxyl groups is 1. The van der Waals surface area contributed by atoms with Crippen LogP contribution >= 0.6 is 0 Å². The van der Waals surface area contributed by atoms with Crippen molar-refractivity contribution in [2.75, 3.05) is 38.8 Å². The maximum absolute atomic E-state index is 12.2. The maximum Gasteiger partial charge on any atom is 0.324 e. The van der Waals surface area contributed by atoms with Crippen molar-refractivity contribution in [3.63, 3.8) is 0 Å². The standard InChI is InChI=1S/C13H18N2O5/c1-14(10-4-3-5-11(16)8-10)13(19)15(6-7-20-2)9-12(17)18/h3-5,8,16H,6-7,9H2,1-2H3,(H,17,18). The molecule has 2 amide bonds. The highest BCUT2D eigenvalue weighted by Crippen LogP contribution is 2.19. The number of amides is 2. The van der Waals surface area contributed by atoms with Crippen LogP contribution in [0.4, 0.5) is 10.5 Å². The van der Waals surface area contributed by atoms with Gasteiger partial charge in [0.15, 0.2) is 0 Å². The minimum absolute atomic E-state index is 0.0313. The number of ether oxygens (including phenoxy) is 1. The smallest absolute Gasteiger partial charge is 0.324 e. The molecule has 0 heterocycles. The van der Waals surface area contributed by atoms with Crippen molar-refractivity contribution in [1.29, 1.82) is 0 Å². The fraction of sp³-hybridized carbons (Fsp3) is 0.385. The predicted octanol–water partition coefficient (Wildman–Crippen LogP) is 0.981. The molecule has 1 aromatic rings. The van der Waals surface area contributed by atoms with Gasteiger partial charge in [0.1, 0.15) is 12.3 Å². The summed E-state index contributed by atoms with van der Waals surface area (Å²) in [7, 11) is 2.99. The molecule has 0 radical (unpaired) electrons. The van der Waals surface area contributed by atoms with E-state index in [9.17, 15) is 14.7 Å². The van der Waals surface area contributed by atoms with Gasteiger partial charge in [-0.05, 0) is 12.1 Å². The second-order valence-corrected chi connectivity index (χ2v) is 4.17. The Hall–Kier alpha value is -2.28. The molecule has 0 aromatic heterocycles. The van der Waals surface area contributed by atoms with Crippen molar-refractivity contribution in [2.24, 2.45) is 0 Å². The van der Waals surface area contributed by atoms with Crippen LogP contribution in [0.15, 0.2) is 24.3 Å². The van der Waals surface area contributed by atoms with E-state index in [2.05, 4.69) is 0 Å². The number of methoxy groups -OCH3 is 1. The number of carbonyl (C=O) groups excluding carboxylic acids is 1. The monoisotopic (exact) mass is 282 g/mol. The summed E-state index contributed by atoms with van der Waals surface area (Å²) in [6, 6.07) is 5.68. The first-order valence-corrected chi connectivity index (χ1v) is 5.98. The highest BCUT2D eigenvalue weighted by Gasteiger charge is 2.21. The van der Waals surface area contributed by atoms with Gasteiger partial charge >= 0.3 is 12.0 Å². The molecular formula is C13H18N2O5. The summed E-state index contributed by atoms with van der Waals surface area (Å²) in [4.78, 5) is 25.5. The van der Waals surface area contributed by atoms with E-state index in [0.717, 1.165) is 4.90 Å². The molecule has 0 spiro atoms. The summed E-state index contributed by atoms with van der Waals surface area (Å²) < 4.78 is 4.86. The number of carboxylic acid groups (broad SMARTS) is 1. The van der Waals surface area contributed by atoms with Gasteiger partial charge in [-0.1, -0.05) is 6.07 Å². The first-order chi connectivity index (χ1) is 9.45. The fourth-order valence-corrected chi connectivity index (χ4v) is 1.63. The van der Waals surface area contributed by atoms with Crippen molar-refractivity contribution in [2.45, 2.75) is 0 Å².